The Morgan fingerprint density at radius 2 is 1.82 bits per heavy atom. The van der Waals surface area contributed by atoms with Crippen LogP contribution in [0.15, 0.2) is 88.3 Å². The van der Waals surface area contributed by atoms with E-state index in [-0.39, 0.29) is 16.7 Å². The van der Waals surface area contributed by atoms with Gasteiger partial charge in [-0.1, -0.05) is 37.3 Å². The van der Waals surface area contributed by atoms with Crippen molar-refractivity contribution in [3.05, 3.63) is 84.6 Å². The zero-order valence-corrected chi connectivity index (χ0v) is 19.3. The number of rotatable bonds is 8. The second-order valence-corrected chi connectivity index (χ2v) is 9.48. The maximum atomic E-state index is 12.3. The topological polar surface area (TPSA) is 108 Å². The minimum Gasteiger partial charge on any atom is -0.495 e. The summed E-state index contributed by atoms with van der Waals surface area (Å²) in [5.74, 6) is 0.733. The largest absolute Gasteiger partial charge is 0.495 e. The van der Waals surface area contributed by atoms with E-state index in [1.807, 2.05) is 6.07 Å². The first-order valence-corrected chi connectivity index (χ1v) is 12.1. The molecule has 174 valence electrons. The number of benzene rings is 3. The minimum absolute atomic E-state index is 0.0207. The van der Waals surface area contributed by atoms with Gasteiger partial charge in [0.05, 0.1) is 35.2 Å². The molecule has 0 aliphatic heterocycles. The van der Waals surface area contributed by atoms with Gasteiger partial charge in [-0.25, -0.2) is 18.2 Å². The van der Waals surface area contributed by atoms with E-state index in [1.165, 1.54) is 25.4 Å². The van der Waals surface area contributed by atoms with E-state index in [0.717, 1.165) is 0 Å². The molecular weight excluding hydrogens is 456 g/mol. The lowest BCUT2D eigenvalue weighted by atomic mass is 10.2. The van der Waals surface area contributed by atoms with Crippen molar-refractivity contribution in [1.82, 2.24) is 4.98 Å². The molecule has 0 saturated carbocycles. The van der Waals surface area contributed by atoms with E-state index in [0.29, 0.717) is 34.1 Å². The van der Waals surface area contributed by atoms with Gasteiger partial charge in [-0.05, 0) is 42.5 Å². The predicted molar refractivity (Wildman–Crippen MR) is 127 cm³/mol. The average molecular weight is 479 g/mol. The number of ether oxygens (including phenoxy) is 2. The summed E-state index contributed by atoms with van der Waals surface area (Å²) in [6.45, 7) is 1.58. The number of aromatic nitrogens is 1. The quantitative estimate of drug-likeness (QED) is 0.275. The summed E-state index contributed by atoms with van der Waals surface area (Å²) in [5, 5.41) is 2.97. The summed E-state index contributed by atoms with van der Waals surface area (Å²) in [6.07, 6.45) is 1.51. The number of carbonyl (C=O) groups excluding carboxylic acids is 1. The van der Waals surface area contributed by atoms with Crippen molar-refractivity contribution in [2.75, 3.05) is 18.2 Å². The molecule has 0 amide bonds. The number of methoxy groups -OCH3 is 1. The molecule has 0 radical (unpaired) electrons. The number of hydrogen-bond acceptors (Lipinski definition) is 8. The summed E-state index contributed by atoms with van der Waals surface area (Å²) < 4.78 is 41.1. The van der Waals surface area contributed by atoms with Crippen LogP contribution in [0.2, 0.25) is 0 Å². The van der Waals surface area contributed by atoms with Crippen LogP contribution in [0.4, 0.5) is 11.7 Å². The lowest BCUT2D eigenvalue weighted by Crippen LogP contribution is -2.07. The number of esters is 1. The third-order valence-corrected chi connectivity index (χ3v) is 6.73. The lowest BCUT2D eigenvalue weighted by Gasteiger charge is -2.11. The third kappa shape index (κ3) is 5.10. The Morgan fingerprint density at radius 3 is 2.56 bits per heavy atom. The highest BCUT2D eigenvalue weighted by Crippen LogP contribution is 2.32. The molecule has 0 bridgehead atoms. The molecule has 0 spiro atoms. The summed E-state index contributed by atoms with van der Waals surface area (Å²) in [6, 6.07) is 20.2. The van der Waals surface area contributed by atoms with E-state index < -0.39 is 15.8 Å². The number of hydrogen-bond donors (Lipinski definition) is 1. The number of nitrogens with zero attached hydrogens (tertiary/aromatic N) is 1. The average Bonchev–Trinajstić information content (AvgIpc) is 3.33. The molecule has 0 aliphatic carbocycles. The van der Waals surface area contributed by atoms with E-state index in [2.05, 4.69) is 10.3 Å². The third-order valence-electron chi connectivity index (χ3n) is 5.00. The Morgan fingerprint density at radius 1 is 1.03 bits per heavy atom. The fourth-order valence-electron chi connectivity index (χ4n) is 3.18. The first kappa shape index (κ1) is 23.1. The van der Waals surface area contributed by atoms with Crippen molar-refractivity contribution in [3.8, 4) is 22.8 Å². The van der Waals surface area contributed by atoms with E-state index >= 15 is 0 Å². The number of carbonyl (C=O) groups is 1. The maximum absolute atomic E-state index is 12.3. The fourth-order valence-corrected chi connectivity index (χ4v) is 4.08. The van der Waals surface area contributed by atoms with Gasteiger partial charge in [-0.3, -0.25) is 0 Å². The van der Waals surface area contributed by atoms with Gasteiger partial charge in [0.15, 0.2) is 15.6 Å². The number of anilines is 2. The Bertz CT molecular complexity index is 1410. The van der Waals surface area contributed by atoms with Crippen LogP contribution >= 0.6 is 0 Å². The van der Waals surface area contributed by atoms with Crippen LogP contribution in [0.25, 0.3) is 11.3 Å². The molecule has 4 aromatic rings. The van der Waals surface area contributed by atoms with E-state index in [4.69, 9.17) is 13.9 Å². The summed E-state index contributed by atoms with van der Waals surface area (Å²) in [7, 11) is -1.91. The first-order chi connectivity index (χ1) is 16.4. The van der Waals surface area contributed by atoms with Crippen molar-refractivity contribution >= 4 is 27.5 Å². The number of oxazole rings is 1. The molecule has 34 heavy (non-hydrogen) atoms. The molecule has 9 heteroatoms. The van der Waals surface area contributed by atoms with Gasteiger partial charge in [0.2, 0.25) is 0 Å². The van der Waals surface area contributed by atoms with Crippen LogP contribution in [0.3, 0.4) is 0 Å². The van der Waals surface area contributed by atoms with Crippen molar-refractivity contribution in [3.63, 3.8) is 0 Å². The number of nitrogens with one attached hydrogen (secondary N) is 1. The van der Waals surface area contributed by atoms with E-state index in [9.17, 15) is 13.2 Å². The van der Waals surface area contributed by atoms with Crippen molar-refractivity contribution < 1.29 is 27.1 Å². The Hall–Kier alpha value is -4.11. The molecule has 1 N–H and O–H groups in total. The Labute approximate surface area is 197 Å². The van der Waals surface area contributed by atoms with Crippen LogP contribution < -0.4 is 14.8 Å². The second kappa shape index (κ2) is 9.80. The van der Waals surface area contributed by atoms with Gasteiger partial charge in [0.1, 0.15) is 11.5 Å². The standard InChI is InChI=1S/C25H22N2O6S/c1-3-34(29,30)20-12-13-22(31-2)21(15-20)27-25-26-16-23(33-25)18-10-7-11-19(14-18)32-24(28)17-8-5-4-6-9-17/h4-16H,3H2,1-2H3,(H,26,27). The van der Waals surface area contributed by atoms with Gasteiger partial charge in [0, 0.05) is 5.56 Å². The molecule has 0 saturated heterocycles. The Balaban J connectivity index is 1.55. The molecule has 4 rings (SSSR count). The SMILES string of the molecule is CCS(=O)(=O)c1ccc(OC)c(Nc2ncc(-c3cccc(OC(=O)c4ccccc4)c3)o2)c1. The molecule has 0 atom stereocenters. The van der Waals surface area contributed by atoms with Gasteiger partial charge >= 0.3 is 5.97 Å². The highest BCUT2D eigenvalue weighted by molar-refractivity contribution is 7.91. The molecule has 0 unspecified atom stereocenters. The number of sulfone groups is 1. The van der Waals surface area contributed by atoms with Gasteiger partial charge in [-0.15, -0.1) is 0 Å². The highest BCUT2D eigenvalue weighted by Gasteiger charge is 2.17. The normalized spacial score (nSPS) is 11.1. The van der Waals surface area contributed by atoms with Crippen molar-refractivity contribution in [2.24, 2.45) is 0 Å². The molecule has 8 nitrogen and oxygen atoms in total. The van der Waals surface area contributed by atoms with Crippen LogP contribution in [0.1, 0.15) is 17.3 Å². The van der Waals surface area contributed by atoms with Gasteiger partial charge < -0.3 is 19.2 Å². The van der Waals surface area contributed by atoms with Crippen LogP contribution in [0.5, 0.6) is 11.5 Å². The highest BCUT2D eigenvalue weighted by atomic mass is 32.2. The zero-order valence-electron chi connectivity index (χ0n) is 18.5. The van der Waals surface area contributed by atoms with Gasteiger partial charge in [0.25, 0.3) is 6.01 Å². The van der Waals surface area contributed by atoms with Crippen molar-refractivity contribution in [1.29, 1.82) is 0 Å². The molecule has 1 heterocycles. The minimum atomic E-state index is -3.40. The summed E-state index contributed by atoms with van der Waals surface area (Å²) in [5.41, 5.74) is 1.49. The van der Waals surface area contributed by atoms with Crippen molar-refractivity contribution in [2.45, 2.75) is 11.8 Å². The maximum Gasteiger partial charge on any atom is 0.343 e. The van der Waals surface area contributed by atoms with Gasteiger partial charge in [-0.2, -0.15) is 0 Å². The first-order valence-electron chi connectivity index (χ1n) is 10.4. The predicted octanol–water partition coefficient (Wildman–Crippen LogP) is 5.11. The summed E-state index contributed by atoms with van der Waals surface area (Å²) >= 11 is 0. The lowest BCUT2D eigenvalue weighted by molar-refractivity contribution is 0.0735. The second-order valence-electron chi connectivity index (χ2n) is 7.20. The fraction of sp³-hybridized carbons (Fsp3) is 0.120. The Kier molecular flexibility index (Phi) is 6.65. The molecule has 1 aromatic heterocycles. The summed E-state index contributed by atoms with van der Waals surface area (Å²) in [4.78, 5) is 16.7. The smallest absolute Gasteiger partial charge is 0.343 e. The van der Waals surface area contributed by atoms with Crippen LogP contribution in [-0.2, 0) is 9.84 Å². The molecule has 3 aromatic carbocycles. The monoisotopic (exact) mass is 478 g/mol. The zero-order chi connectivity index (χ0) is 24.1. The van der Waals surface area contributed by atoms with Crippen LogP contribution in [0, 0.1) is 0 Å². The molecular formula is C25H22N2O6S. The molecule has 0 fully saturated rings. The molecule has 0 aliphatic rings. The van der Waals surface area contributed by atoms with Crippen LogP contribution in [-0.4, -0.2) is 32.2 Å². The van der Waals surface area contributed by atoms with E-state index in [1.54, 1.807) is 61.5 Å².